The number of carbonyl (C=O) groups is 1. The second-order valence-electron chi connectivity index (χ2n) is 6.26. The maximum absolute atomic E-state index is 12.4. The highest BCUT2D eigenvalue weighted by molar-refractivity contribution is 7.90. The predicted molar refractivity (Wildman–Crippen MR) is 113 cm³/mol. The third-order valence-corrected chi connectivity index (χ3v) is 6.07. The van der Waals surface area contributed by atoms with Crippen LogP contribution in [-0.4, -0.2) is 35.1 Å². The van der Waals surface area contributed by atoms with Gasteiger partial charge in [-0.1, -0.05) is 16.8 Å². The molecule has 0 unspecified atom stereocenters. The fourth-order valence-corrected chi connectivity index (χ4v) is 3.88. The smallest absolute Gasteiger partial charge is 0.279 e. The van der Waals surface area contributed by atoms with E-state index in [1.165, 1.54) is 18.2 Å². The molecule has 8 nitrogen and oxygen atoms in total. The van der Waals surface area contributed by atoms with Crippen molar-refractivity contribution in [1.82, 2.24) is 14.5 Å². The fraction of sp³-hybridized carbons (Fsp3) is 0.0526. The summed E-state index contributed by atoms with van der Waals surface area (Å²) >= 11 is 6.87. The molecule has 30 heavy (non-hydrogen) atoms. The molecule has 1 amide bonds. The molecule has 0 aliphatic rings. The summed E-state index contributed by atoms with van der Waals surface area (Å²) in [5.41, 5.74) is 1.46. The molecule has 4 rings (SSSR count). The Labute approximate surface area is 180 Å². The van der Waals surface area contributed by atoms with Gasteiger partial charge in [0.2, 0.25) is 5.13 Å². The highest BCUT2D eigenvalue weighted by Gasteiger charge is 2.17. The molecule has 0 spiro atoms. The van der Waals surface area contributed by atoms with E-state index in [0.717, 1.165) is 23.4 Å². The molecule has 0 bridgehead atoms. The van der Waals surface area contributed by atoms with E-state index in [1.54, 1.807) is 36.4 Å². The molecule has 152 valence electrons. The number of aromatic nitrogens is 3. The number of anilines is 1. The zero-order valence-electron chi connectivity index (χ0n) is 15.4. The van der Waals surface area contributed by atoms with Gasteiger partial charge in [-0.2, -0.15) is 9.36 Å². The minimum atomic E-state index is -3.28. The van der Waals surface area contributed by atoms with Gasteiger partial charge in [0.05, 0.1) is 4.90 Å². The van der Waals surface area contributed by atoms with Gasteiger partial charge in [0.25, 0.3) is 5.91 Å². The van der Waals surface area contributed by atoms with Crippen LogP contribution in [0.1, 0.15) is 10.5 Å². The molecule has 0 radical (unpaired) electrons. The summed E-state index contributed by atoms with van der Waals surface area (Å²) in [5, 5.41) is 7.28. The van der Waals surface area contributed by atoms with E-state index in [4.69, 9.17) is 16.1 Å². The minimum Gasteiger partial charge on any atom is -0.355 e. The average molecular weight is 461 g/mol. The Morgan fingerprint density at radius 2 is 1.73 bits per heavy atom. The van der Waals surface area contributed by atoms with Gasteiger partial charge in [0.1, 0.15) is 0 Å². The van der Waals surface area contributed by atoms with Gasteiger partial charge in [-0.05, 0) is 48.5 Å². The molecule has 0 aliphatic heterocycles. The lowest BCUT2D eigenvalue weighted by Crippen LogP contribution is -2.11. The molecular formula is C19H13ClN4O4S2. The molecule has 4 aromatic rings. The van der Waals surface area contributed by atoms with Gasteiger partial charge in [0, 0.05) is 40.0 Å². The van der Waals surface area contributed by atoms with Gasteiger partial charge in [-0.15, -0.1) is 0 Å². The predicted octanol–water partition coefficient (Wildman–Crippen LogP) is 4.17. The second kappa shape index (κ2) is 7.98. The first-order valence-corrected chi connectivity index (χ1v) is 11.5. The van der Waals surface area contributed by atoms with Crippen molar-refractivity contribution in [3.8, 4) is 22.7 Å². The first kappa shape index (κ1) is 20.2. The number of hydrogen-bond donors (Lipinski definition) is 1. The van der Waals surface area contributed by atoms with Crippen LogP contribution in [0.25, 0.3) is 22.7 Å². The van der Waals surface area contributed by atoms with Crippen molar-refractivity contribution in [2.24, 2.45) is 0 Å². The van der Waals surface area contributed by atoms with Crippen molar-refractivity contribution in [3.63, 3.8) is 0 Å². The Morgan fingerprint density at radius 1 is 1.07 bits per heavy atom. The van der Waals surface area contributed by atoms with Gasteiger partial charge in [-0.3, -0.25) is 10.1 Å². The lowest BCUT2D eigenvalue weighted by atomic mass is 10.1. The third kappa shape index (κ3) is 4.40. The number of carbonyl (C=O) groups excluding carboxylic acids is 1. The molecule has 0 aliphatic carbocycles. The maximum Gasteiger partial charge on any atom is 0.279 e. The zero-order chi connectivity index (χ0) is 21.3. The Bertz CT molecular complexity index is 1310. The highest BCUT2D eigenvalue weighted by atomic mass is 35.5. The topological polar surface area (TPSA) is 115 Å². The van der Waals surface area contributed by atoms with Crippen LogP contribution in [-0.2, 0) is 9.84 Å². The monoisotopic (exact) mass is 460 g/mol. The van der Waals surface area contributed by atoms with Gasteiger partial charge in [-0.25, -0.2) is 8.42 Å². The quantitative estimate of drug-likeness (QED) is 0.475. The van der Waals surface area contributed by atoms with Crippen LogP contribution < -0.4 is 5.32 Å². The van der Waals surface area contributed by atoms with Crippen molar-refractivity contribution in [2.45, 2.75) is 4.90 Å². The van der Waals surface area contributed by atoms with Crippen molar-refractivity contribution in [1.29, 1.82) is 0 Å². The summed E-state index contributed by atoms with van der Waals surface area (Å²) in [6.07, 6.45) is 1.14. The Balaban J connectivity index is 1.47. The first-order valence-electron chi connectivity index (χ1n) is 8.48. The molecular weight excluding hydrogens is 448 g/mol. The summed E-state index contributed by atoms with van der Waals surface area (Å²) in [4.78, 5) is 16.9. The number of benzene rings is 2. The van der Waals surface area contributed by atoms with Crippen molar-refractivity contribution in [2.75, 3.05) is 11.6 Å². The Kier molecular flexibility index (Phi) is 5.37. The summed E-state index contributed by atoms with van der Waals surface area (Å²) in [6.45, 7) is 0. The maximum atomic E-state index is 12.4. The van der Waals surface area contributed by atoms with Gasteiger partial charge < -0.3 is 4.52 Å². The first-order chi connectivity index (χ1) is 14.3. The van der Waals surface area contributed by atoms with E-state index in [-0.39, 0.29) is 15.7 Å². The van der Waals surface area contributed by atoms with Crippen LogP contribution >= 0.6 is 23.1 Å². The average Bonchev–Trinajstić information content (AvgIpc) is 3.38. The number of nitrogens with zero attached hydrogens (tertiary/aromatic N) is 3. The summed E-state index contributed by atoms with van der Waals surface area (Å²) in [6, 6.07) is 14.7. The van der Waals surface area contributed by atoms with Crippen molar-refractivity contribution >= 4 is 44.0 Å². The zero-order valence-corrected chi connectivity index (χ0v) is 17.8. The second-order valence-corrected chi connectivity index (χ2v) is 9.46. The molecule has 0 saturated carbocycles. The number of halogens is 1. The van der Waals surface area contributed by atoms with Gasteiger partial charge in [0.15, 0.2) is 27.1 Å². The molecule has 1 N–H and O–H groups in total. The molecule has 2 heterocycles. The molecule has 0 atom stereocenters. The van der Waals surface area contributed by atoms with E-state index in [2.05, 4.69) is 19.8 Å². The van der Waals surface area contributed by atoms with E-state index >= 15 is 0 Å². The Morgan fingerprint density at radius 3 is 2.40 bits per heavy atom. The highest BCUT2D eigenvalue weighted by Crippen LogP contribution is 2.25. The number of rotatable bonds is 5. The molecule has 0 fully saturated rings. The van der Waals surface area contributed by atoms with E-state index < -0.39 is 15.7 Å². The largest absolute Gasteiger partial charge is 0.355 e. The fourth-order valence-electron chi connectivity index (χ4n) is 2.54. The SMILES string of the molecule is CS(=O)(=O)c1ccc(-c2nsc(NC(=O)c3cc(-c4ccc(Cl)cc4)on3)n2)cc1. The lowest BCUT2D eigenvalue weighted by molar-refractivity contribution is 0.101. The van der Waals surface area contributed by atoms with E-state index in [9.17, 15) is 13.2 Å². The summed E-state index contributed by atoms with van der Waals surface area (Å²) in [7, 11) is -3.28. The van der Waals surface area contributed by atoms with Crippen molar-refractivity contribution < 1.29 is 17.7 Å². The number of amides is 1. The van der Waals surface area contributed by atoms with Crippen LogP contribution in [0.5, 0.6) is 0 Å². The number of hydrogen-bond acceptors (Lipinski definition) is 8. The number of nitrogens with one attached hydrogen (secondary N) is 1. The number of sulfone groups is 1. The van der Waals surface area contributed by atoms with Crippen LogP contribution in [0.15, 0.2) is 64.0 Å². The lowest BCUT2D eigenvalue weighted by Gasteiger charge is -1.99. The molecule has 2 aromatic carbocycles. The van der Waals surface area contributed by atoms with E-state index in [0.29, 0.717) is 22.2 Å². The normalized spacial score (nSPS) is 11.4. The minimum absolute atomic E-state index is 0.0919. The molecule has 2 aromatic heterocycles. The van der Waals surface area contributed by atoms with Crippen LogP contribution in [0.3, 0.4) is 0 Å². The Hall–Kier alpha value is -3.08. The van der Waals surface area contributed by atoms with Crippen LogP contribution in [0, 0.1) is 0 Å². The molecule has 0 saturated heterocycles. The van der Waals surface area contributed by atoms with Crippen molar-refractivity contribution in [3.05, 3.63) is 65.3 Å². The summed E-state index contributed by atoms with van der Waals surface area (Å²) < 4.78 is 32.5. The third-order valence-electron chi connectivity index (χ3n) is 4.06. The van der Waals surface area contributed by atoms with Crippen LogP contribution in [0.2, 0.25) is 5.02 Å². The standard InChI is InChI=1S/C19H13ClN4O4S2/c1-30(26,27)14-8-4-12(5-9-14)17-21-19(29-24-17)22-18(25)15-10-16(28-23-15)11-2-6-13(20)7-3-11/h2-10H,1H3,(H,21,22,24,25). The molecule has 11 heteroatoms. The van der Waals surface area contributed by atoms with E-state index in [1.807, 2.05) is 0 Å². The van der Waals surface area contributed by atoms with Crippen LogP contribution in [0.4, 0.5) is 5.13 Å². The van der Waals surface area contributed by atoms with Gasteiger partial charge >= 0.3 is 0 Å². The summed E-state index contributed by atoms with van der Waals surface area (Å²) in [5.74, 6) is 0.312.